The first-order chi connectivity index (χ1) is 8.70. The van der Waals surface area contributed by atoms with Gasteiger partial charge in [-0.1, -0.05) is 28.1 Å². The highest BCUT2D eigenvalue weighted by Gasteiger charge is 2.10. The van der Waals surface area contributed by atoms with E-state index >= 15 is 0 Å². The fourth-order valence-corrected chi connectivity index (χ4v) is 2.11. The Morgan fingerprint density at radius 2 is 2.33 bits per heavy atom. The van der Waals surface area contributed by atoms with E-state index in [2.05, 4.69) is 25.9 Å². The number of nitrogens with zero attached hydrogens (tertiary/aromatic N) is 1. The summed E-state index contributed by atoms with van der Waals surface area (Å²) >= 11 is 3.45. The first kappa shape index (κ1) is 13.3. The highest BCUT2D eigenvalue weighted by Crippen LogP contribution is 2.22. The molecule has 1 unspecified atom stereocenters. The van der Waals surface area contributed by atoms with Crippen molar-refractivity contribution in [1.29, 1.82) is 0 Å². The molecule has 3 N–H and O–H groups in total. The van der Waals surface area contributed by atoms with Gasteiger partial charge in [-0.25, -0.2) is 4.98 Å². The molecule has 96 valence electrons. The SMILES string of the molecule is COCCC(N)c1ncc(-c2cccc(Br)c2)[nH]1. The number of methoxy groups -OCH3 is 1. The number of ether oxygens (including phenoxy) is 1. The maximum absolute atomic E-state index is 6.02. The molecule has 2 rings (SSSR count). The van der Waals surface area contributed by atoms with Gasteiger partial charge >= 0.3 is 0 Å². The summed E-state index contributed by atoms with van der Waals surface area (Å²) in [5.74, 6) is 0.794. The third-order valence-corrected chi connectivity index (χ3v) is 3.21. The van der Waals surface area contributed by atoms with Crippen LogP contribution in [0.15, 0.2) is 34.9 Å². The first-order valence-corrected chi connectivity index (χ1v) is 6.55. The van der Waals surface area contributed by atoms with Crippen LogP contribution in [0.2, 0.25) is 0 Å². The lowest BCUT2D eigenvalue weighted by Gasteiger charge is -2.07. The molecule has 0 saturated carbocycles. The van der Waals surface area contributed by atoms with E-state index in [9.17, 15) is 0 Å². The minimum absolute atomic E-state index is 0.120. The average Bonchev–Trinajstić information content (AvgIpc) is 2.85. The van der Waals surface area contributed by atoms with Gasteiger partial charge < -0.3 is 15.5 Å². The Balaban J connectivity index is 2.15. The van der Waals surface area contributed by atoms with Crippen molar-refractivity contribution < 1.29 is 4.74 Å². The van der Waals surface area contributed by atoms with Gasteiger partial charge in [-0.15, -0.1) is 0 Å². The summed E-state index contributed by atoms with van der Waals surface area (Å²) in [6, 6.07) is 7.93. The van der Waals surface area contributed by atoms with Crippen molar-refractivity contribution in [3.8, 4) is 11.3 Å². The number of benzene rings is 1. The highest BCUT2D eigenvalue weighted by atomic mass is 79.9. The van der Waals surface area contributed by atoms with Gasteiger partial charge in [0.25, 0.3) is 0 Å². The standard InChI is InChI=1S/C13H16BrN3O/c1-18-6-5-11(15)13-16-8-12(17-13)9-3-2-4-10(14)7-9/h2-4,7-8,11H,5-6,15H2,1H3,(H,16,17). The zero-order chi connectivity index (χ0) is 13.0. The van der Waals surface area contributed by atoms with Crippen LogP contribution in [0.4, 0.5) is 0 Å². The second kappa shape index (κ2) is 6.13. The van der Waals surface area contributed by atoms with Crippen LogP contribution < -0.4 is 5.73 Å². The molecule has 0 radical (unpaired) electrons. The fourth-order valence-electron chi connectivity index (χ4n) is 1.71. The number of aromatic nitrogens is 2. The molecule has 1 aromatic carbocycles. The summed E-state index contributed by atoms with van der Waals surface area (Å²) < 4.78 is 6.05. The molecule has 0 aliphatic rings. The number of hydrogen-bond donors (Lipinski definition) is 2. The van der Waals surface area contributed by atoms with E-state index in [1.807, 2.05) is 30.5 Å². The number of aromatic amines is 1. The molecule has 0 bridgehead atoms. The first-order valence-electron chi connectivity index (χ1n) is 5.76. The average molecular weight is 310 g/mol. The lowest BCUT2D eigenvalue weighted by Crippen LogP contribution is -2.14. The zero-order valence-electron chi connectivity index (χ0n) is 10.2. The lowest BCUT2D eigenvalue weighted by atomic mass is 10.2. The summed E-state index contributed by atoms with van der Waals surface area (Å²) in [6.07, 6.45) is 2.56. The van der Waals surface area contributed by atoms with E-state index in [1.165, 1.54) is 0 Å². The Morgan fingerprint density at radius 3 is 3.06 bits per heavy atom. The Hall–Kier alpha value is -1.17. The maximum Gasteiger partial charge on any atom is 0.123 e. The molecule has 2 aromatic rings. The Kier molecular flexibility index (Phi) is 4.52. The monoisotopic (exact) mass is 309 g/mol. The molecule has 5 heteroatoms. The van der Waals surface area contributed by atoms with Gasteiger partial charge in [-0.05, 0) is 18.6 Å². The zero-order valence-corrected chi connectivity index (χ0v) is 11.8. The summed E-state index contributed by atoms with van der Waals surface area (Å²) in [7, 11) is 1.67. The number of hydrogen-bond acceptors (Lipinski definition) is 3. The van der Waals surface area contributed by atoms with Gasteiger partial charge in [-0.3, -0.25) is 0 Å². The Morgan fingerprint density at radius 1 is 1.50 bits per heavy atom. The predicted octanol–water partition coefficient (Wildman–Crippen LogP) is 2.88. The van der Waals surface area contributed by atoms with Crippen molar-refractivity contribution in [3.63, 3.8) is 0 Å². The van der Waals surface area contributed by atoms with E-state index < -0.39 is 0 Å². The van der Waals surface area contributed by atoms with Gasteiger partial charge in [0.15, 0.2) is 0 Å². The molecule has 18 heavy (non-hydrogen) atoms. The highest BCUT2D eigenvalue weighted by molar-refractivity contribution is 9.10. The van der Waals surface area contributed by atoms with Crippen LogP contribution in [0.5, 0.6) is 0 Å². The summed E-state index contributed by atoms with van der Waals surface area (Å²) in [4.78, 5) is 7.58. The molecule has 0 amide bonds. The van der Waals surface area contributed by atoms with Crippen LogP contribution in [0.1, 0.15) is 18.3 Å². The lowest BCUT2D eigenvalue weighted by molar-refractivity contribution is 0.187. The van der Waals surface area contributed by atoms with Gasteiger partial charge in [0, 0.05) is 23.8 Å². The minimum Gasteiger partial charge on any atom is -0.385 e. The maximum atomic E-state index is 6.02. The smallest absolute Gasteiger partial charge is 0.123 e. The van der Waals surface area contributed by atoms with Crippen LogP contribution in [0, 0.1) is 0 Å². The van der Waals surface area contributed by atoms with Crippen LogP contribution in [0.3, 0.4) is 0 Å². The number of rotatable bonds is 5. The molecule has 0 aliphatic carbocycles. The summed E-state index contributed by atoms with van der Waals surface area (Å²) in [5.41, 5.74) is 8.08. The molecule has 1 heterocycles. The van der Waals surface area contributed by atoms with E-state index in [4.69, 9.17) is 10.5 Å². The van der Waals surface area contributed by atoms with Crippen molar-refractivity contribution in [2.75, 3.05) is 13.7 Å². The minimum atomic E-state index is -0.120. The molecular weight excluding hydrogens is 294 g/mol. The second-order valence-electron chi connectivity index (χ2n) is 4.08. The number of imidazole rings is 1. The van der Waals surface area contributed by atoms with Gasteiger partial charge in [-0.2, -0.15) is 0 Å². The normalized spacial score (nSPS) is 12.6. The molecule has 0 aliphatic heterocycles. The van der Waals surface area contributed by atoms with Gasteiger partial charge in [0.1, 0.15) is 5.82 Å². The number of nitrogens with one attached hydrogen (secondary N) is 1. The van der Waals surface area contributed by atoms with Crippen LogP contribution >= 0.6 is 15.9 Å². The largest absolute Gasteiger partial charge is 0.385 e. The predicted molar refractivity (Wildman–Crippen MR) is 75.1 cm³/mol. The molecule has 0 saturated heterocycles. The summed E-state index contributed by atoms with van der Waals surface area (Å²) in [5, 5.41) is 0. The van der Waals surface area contributed by atoms with Crippen molar-refractivity contribution >= 4 is 15.9 Å². The Bertz CT molecular complexity index is 512. The number of H-pyrrole nitrogens is 1. The topological polar surface area (TPSA) is 63.9 Å². The van der Waals surface area contributed by atoms with E-state index in [-0.39, 0.29) is 6.04 Å². The van der Waals surface area contributed by atoms with Gasteiger partial charge in [0.2, 0.25) is 0 Å². The van der Waals surface area contributed by atoms with Crippen molar-refractivity contribution in [1.82, 2.24) is 9.97 Å². The van der Waals surface area contributed by atoms with Crippen LogP contribution in [0.25, 0.3) is 11.3 Å². The molecule has 1 aromatic heterocycles. The van der Waals surface area contributed by atoms with E-state index in [0.29, 0.717) is 6.61 Å². The molecular formula is C13H16BrN3O. The second-order valence-corrected chi connectivity index (χ2v) is 5.00. The third kappa shape index (κ3) is 3.19. The van der Waals surface area contributed by atoms with Crippen LogP contribution in [-0.2, 0) is 4.74 Å². The number of halogens is 1. The quantitative estimate of drug-likeness (QED) is 0.892. The van der Waals surface area contributed by atoms with E-state index in [0.717, 1.165) is 28.0 Å². The van der Waals surface area contributed by atoms with Gasteiger partial charge in [0.05, 0.1) is 17.9 Å². The van der Waals surface area contributed by atoms with E-state index in [1.54, 1.807) is 7.11 Å². The molecule has 0 fully saturated rings. The molecule has 1 atom stereocenters. The summed E-state index contributed by atoms with van der Waals surface area (Å²) in [6.45, 7) is 0.633. The molecule has 0 spiro atoms. The van der Waals surface area contributed by atoms with Crippen LogP contribution in [-0.4, -0.2) is 23.7 Å². The third-order valence-electron chi connectivity index (χ3n) is 2.72. The van der Waals surface area contributed by atoms with Crippen molar-refractivity contribution in [3.05, 3.63) is 40.8 Å². The Labute approximate surface area is 115 Å². The van der Waals surface area contributed by atoms with Crippen molar-refractivity contribution in [2.24, 2.45) is 5.73 Å². The number of nitrogens with two attached hydrogens (primary N) is 1. The van der Waals surface area contributed by atoms with Crippen molar-refractivity contribution in [2.45, 2.75) is 12.5 Å². The fraction of sp³-hybridized carbons (Fsp3) is 0.308. The molecule has 4 nitrogen and oxygen atoms in total.